The Hall–Kier alpha value is -3.22. The highest BCUT2D eigenvalue weighted by Crippen LogP contribution is 2.17. The van der Waals surface area contributed by atoms with Gasteiger partial charge >= 0.3 is 0 Å². The molecule has 7 heteroatoms. The summed E-state index contributed by atoms with van der Waals surface area (Å²) in [5.41, 5.74) is 2.60. The number of aryl methyl sites for hydroxylation is 1. The maximum atomic E-state index is 12.4. The van der Waals surface area contributed by atoms with Crippen LogP contribution in [0.5, 0.6) is 0 Å². The molecule has 3 N–H and O–H groups in total. The van der Waals surface area contributed by atoms with E-state index in [4.69, 9.17) is 0 Å². The molecule has 26 heavy (non-hydrogen) atoms. The van der Waals surface area contributed by atoms with Crippen molar-refractivity contribution in [2.24, 2.45) is 0 Å². The Balaban J connectivity index is 1.68. The quantitative estimate of drug-likeness (QED) is 0.713. The van der Waals surface area contributed by atoms with Crippen molar-refractivity contribution in [1.29, 1.82) is 0 Å². The molecule has 2 amide bonds. The molecule has 1 aliphatic rings. The van der Waals surface area contributed by atoms with Gasteiger partial charge in [0.25, 0.3) is 11.5 Å². The van der Waals surface area contributed by atoms with Crippen molar-refractivity contribution in [3.8, 4) is 0 Å². The molecule has 0 saturated heterocycles. The molecule has 2 aromatic rings. The highest BCUT2D eigenvalue weighted by atomic mass is 16.2. The Morgan fingerprint density at radius 3 is 2.65 bits per heavy atom. The van der Waals surface area contributed by atoms with Crippen molar-refractivity contribution in [1.82, 2.24) is 15.3 Å². The van der Waals surface area contributed by atoms with Crippen molar-refractivity contribution < 1.29 is 9.59 Å². The van der Waals surface area contributed by atoms with Crippen LogP contribution in [0.2, 0.25) is 0 Å². The number of benzene rings is 1. The van der Waals surface area contributed by atoms with Crippen LogP contribution in [0.4, 0.5) is 5.95 Å². The molecule has 7 nitrogen and oxygen atoms in total. The van der Waals surface area contributed by atoms with Crippen LogP contribution < -0.4 is 16.2 Å². The first-order chi connectivity index (χ1) is 12.6. The van der Waals surface area contributed by atoms with E-state index in [-0.39, 0.29) is 23.3 Å². The number of amides is 2. The van der Waals surface area contributed by atoms with E-state index in [9.17, 15) is 14.4 Å². The fraction of sp³-hybridized carbons (Fsp3) is 0.263. The number of aromatic amines is 1. The maximum Gasteiger partial charge on any atom is 0.257 e. The molecule has 1 heterocycles. The van der Waals surface area contributed by atoms with E-state index in [0.29, 0.717) is 12.1 Å². The van der Waals surface area contributed by atoms with Crippen molar-refractivity contribution in [3.05, 3.63) is 69.7 Å². The molecule has 0 spiro atoms. The number of rotatable bonds is 5. The lowest BCUT2D eigenvalue weighted by molar-refractivity contribution is -0.116. The summed E-state index contributed by atoms with van der Waals surface area (Å²) < 4.78 is 0. The number of H-pyrrole nitrogens is 1. The molecule has 1 aromatic heterocycles. The number of fused-ring (bicyclic) bond motifs is 1. The van der Waals surface area contributed by atoms with Crippen LogP contribution in [-0.2, 0) is 24.2 Å². The van der Waals surface area contributed by atoms with Gasteiger partial charge in [0.05, 0.1) is 5.69 Å². The van der Waals surface area contributed by atoms with Crippen LogP contribution in [0.1, 0.15) is 40.0 Å². The number of hydrogen-bond donors (Lipinski definition) is 3. The van der Waals surface area contributed by atoms with E-state index in [1.165, 1.54) is 6.08 Å². The molecule has 0 aliphatic heterocycles. The summed E-state index contributed by atoms with van der Waals surface area (Å²) in [6.07, 6.45) is 4.68. The minimum atomic E-state index is -0.356. The topological polar surface area (TPSA) is 104 Å². The van der Waals surface area contributed by atoms with Gasteiger partial charge in [-0.3, -0.25) is 24.7 Å². The lowest BCUT2D eigenvalue weighted by atomic mass is 9.97. The number of nitrogens with zero attached hydrogens (tertiary/aromatic N) is 1. The molecule has 134 valence electrons. The molecule has 0 radical (unpaired) electrons. The minimum absolute atomic E-state index is 0.169. The summed E-state index contributed by atoms with van der Waals surface area (Å²) in [6.45, 7) is 3.74. The van der Waals surface area contributed by atoms with Crippen LogP contribution in [0, 0.1) is 0 Å². The van der Waals surface area contributed by atoms with Crippen LogP contribution in [0.3, 0.4) is 0 Å². The zero-order valence-electron chi connectivity index (χ0n) is 14.3. The SMILES string of the molecule is C=CC(=O)NCc1ccc(C(=O)Nc2nc3c(c(=O)[nH]2)CCCC3)cc1. The van der Waals surface area contributed by atoms with Crippen LogP contribution in [0.25, 0.3) is 0 Å². The van der Waals surface area contributed by atoms with Crippen molar-refractivity contribution in [2.45, 2.75) is 32.2 Å². The second kappa shape index (κ2) is 7.77. The third-order valence-electron chi connectivity index (χ3n) is 4.29. The number of hydrogen-bond acceptors (Lipinski definition) is 4. The monoisotopic (exact) mass is 352 g/mol. The van der Waals surface area contributed by atoms with E-state index in [1.54, 1.807) is 24.3 Å². The van der Waals surface area contributed by atoms with Gasteiger partial charge in [-0.2, -0.15) is 0 Å². The molecular formula is C19H20N4O3. The second-order valence-electron chi connectivity index (χ2n) is 6.12. The van der Waals surface area contributed by atoms with Gasteiger partial charge in [-0.1, -0.05) is 18.7 Å². The lowest BCUT2D eigenvalue weighted by Crippen LogP contribution is -2.24. The second-order valence-corrected chi connectivity index (χ2v) is 6.12. The van der Waals surface area contributed by atoms with Crippen LogP contribution >= 0.6 is 0 Å². The summed E-state index contributed by atoms with van der Waals surface area (Å²) in [7, 11) is 0. The summed E-state index contributed by atoms with van der Waals surface area (Å²) >= 11 is 0. The van der Waals surface area contributed by atoms with Crippen molar-refractivity contribution in [2.75, 3.05) is 5.32 Å². The Morgan fingerprint density at radius 2 is 1.92 bits per heavy atom. The zero-order valence-corrected chi connectivity index (χ0v) is 14.3. The molecule has 0 atom stereocenters. The minimum Gasteiger partial charge on any atom is -0.348 e. The molecule has 0 bridgehead atoms. The van der Waals surface area contributed by atoms with E-state index < -0.39 is 0 Å². The van der Waals surface area contributed by atoms with Gasteiger partial charge in [0.15, 0.2) is 0 Å². The first kappa shape index (κ1) is 17.6. The summed E-state index contributed by atoms with van der Waals surface area (Å²) in [5.74, 6) is -0.442. The Kier molecular flexibility index (Phi) is 5.26. The Bertz CT molecular complexity index is 900. The van der Waals surface area contributed by atoms with Crippen LogP contribution in [0.15, 0.2) is 41.7 Å². The standard InChI is InChI=1S/C19H20N4O3/c1-2-16(24)20-11-12-7-9-13(10-8-12)17(25)22-19-21-15-6-4-3-5-14(15)18(26)23-19/h2,7-10H,1,3-6,11H2,(H,20,24)(H2,21,22,23,25,26). The van der Waals surface area contributed by atoms with Gasteiger partial charge in [0.1, 0.15) is 0 Å². The highest BCUT2D eigenvalue weighted by Gasteiger charge is 2.16. The van der Waals surface area contributed by atoms with Gasteiger partial charge in [-0.15, -0.1) is 0 Å². The number of nitrogens with one attached hydrogen (secondary N) is 3. The van der Waals surface area contributed by atoms with Gasteiger partial charge in [0.2, 0.25) is 11.9 Å². The van der Waals surface area contributed by atoms with Crippen molar-refractivity contribution in [3.63, 3.8) is 0 Å². The van der Waals surface area contributed by atoms with Crippen molar-refractivity contribution >= 4 is 17.8 Å². The molecule has 1 aromatic carbocycles. The normalized spacial score (nSPS) is 12.8. The summed E-state index contributed by atoms with van der Waals surface area (Å²) in [4.78, 5) is 42.6. The zero-order chi connectivity index (χ0) is 18.5. The van der Waals surface area contributed by atoms with Gasteiger partial charge in [-0.25, -0.2) is 4.98 Å². The van der Waals surface area contributed by atoms with E-state index >= 15 is 0 Å². The van der Waals surface area contributed by atoms with E-state index in [0.717, 1.165) is 42.5 Å². The molecule has 3 rings (SSSR count). The fourth-order valence-electron chi connectivity index (χ4n) is 2.88. The molecule has 1 aliphatic carbocycles. The molecule has 0 saturated carbocycles. The highest BCUT2D eigenvalue weighted by molar-refractivity contribution is 6.03. The van der Waals surface area contributed by atoms with E-state index in [1.807, 2.05) is 0 Å². The maximum absolute atomic E-state index is 12.4. The Labute approximate surface area is 150 Å². The summed E-state index contributed by atoms with van der Waals surface area (Å²) in [6, 6.07) is 6.81. The number of carbonyl (C=O) groups excluding carboxylic acids is 2. The third-order valence-corrected chi connectivity index (χ3v) is 4.29. The number of anilines is 1. The van der Waals surface area contributed by atoms with E-state index in [2.05, 4.69) is 27.2 Å². The fourth-order valence-corrected chi connectivity index (χ4v) is 2.88. The van der Waals surface area contributed by atoms with Gasteiger partial charge in [0, 0.05) is 17.7 Å². The number of aromatic nitrogens is 2. The summed E-state index contributed by atoms with van der Waals surface area (Å²) in [5, 5.41) is 5.30. The first-order valence-corrected chi connectivity index (χ1v) is 8.49. The smallest absolute Gasteiger partial charge is 0.257 e. The van der Waals surface area contributed by atoms with Crippen LogP contribution in [-0.4, -0.2) is 21.8 Å². The lowest BCUT2D eigenvalue weighted by Gasteiger charge is -2.14. The average molecular weight is 352 g/mol. The van der Waals surface area contributed by atoms with Gasteiger partial charge < -0.3 is 5.32 Å². The first-order valence-electron chi connectivity index (χ1n) is 8.49. The number of carbonyl (C=O) groups is 2. The molecule has 0 unspecified atom stereocenters. The third kappa shape index (κ3) is 4.05. The van der Waals surface area contributed by atoms with Gasteiger partial charge in [-0.05, 0) is 49.5 Å². The average Bonchev–Trinajstić information content (AvgIpc) is 2.66. The largest absolute Gasteiger partial charge is 0.348 e. The predicted octanol–water partition coefficient (Wildman–Crippen LogP) is 1.70. The predicted molar refractivity (Wildman–Crippen MR) is 97.9 cm³/mol. The molecule has 0 fully saturated rings. The Morgan fingerprint density at radius 1 is 1.19 bits per heavy atom. The molecular weight excluding hydrogens is 332 g/mol.